The average Bonchev–Trinajstić information content (AvgIpc) is 2.72. The molecule has 0 radical (unpaired) electrons. The summed E-state index contributed by atoms with van der Waals surface area (Å²) in [7, 11) is -3.77. The first kappa shape index (κ1) is 17.9. The van der Waals surface area contributed by atoms with Gasteiger partial charge in [0.15, 0.2) is 5.00 Å². The van der Waals surface area contributed by atoms with Crippen molar-refractivity contribution in [1.82, 2.24) is 4.72 Å². The summed E-state index contributed by atoms with van der Waals surface area (Å²) in [5, 5.41) is 14.1. The van der Waals surface area contributed by atoms with E-state index in [1.807, 2.05) is 6.92 Å². The van der Waals surface area contributed by atoms with Crippen LogP contribution < -0.4 is 10.0 Å². The lowest BCUT2D eigenvalue weighted by molar-refractivity contribution is -0.383. The van der Waals surface area contributed by atoms with E-state index in [4.69, 9.17) is 0 Å². The van der Waals surface area contributed by atoms with E-state index in [1.165, 1.54) is 0 Å². The Morgan fingerprint density at radius 3 is 2.48 bits per heavy atom. The molecule has 1 rings (SSSR count). The van der Waals surface area contributed by atoms with Gasteiger partial charge in [0.1, 0.15) is 4.21 Å². The fourth-order valence-electron chi connectivity index (χ4n) is 2.00. The molecule has 0 unspecified atom stereocenters. The maximum atomic E-state index is 12.4. The van der Waals surface area contributed by atoms with Gasteiger partial charge in [0.05, 0.1) is 4.92 Å². The number of sulfonamides is 1. The van der Waals surface area contributed by atoms with Crippen LogP contribution in [0.2, 0.25) is 0 Å². The molecule has 0 amide bonds. The van der Waals surface area contributed by atoms with E-state index in [-0.39, 0.29) is 14.9 Å². The van der Waals surface area contributed by atoms with Gasteiger partial charge in [-0.25, -0.2) is 13.1 Å². The Hall–Kier alpha value is -1.19. The number of nitro groups is 1. The molecule has 0 aliphatic carbocycles. The second kappa shape index (κ2) is 6.71. The molecule has 9 heteroatoms. The zero-order valence-corrected chi connectivity index (χ0v) is 14.2. The van der Waals surface area contributed by atoms with Gasteiger partial charge in [-0.05, 0) is 27.2 Å². The SMILES string of the molecule is CCCC(C)(C)NS(=O)(=O)c1cc([N+](=O)[O-])c(NCC)s1. The molecule has 1 aromatic rings. The maximum Gasteiger partial charge on any atom is 0.304 e. The van der Waals surface area contributed by atoms with Gasteiger partial charge in [0.25, 0.3) is 10.0 Å². The fourth-order valence-corrected chi connectivity index (χ4v) is 4.84. The Morgan fingerprint density at radius 1 is 1.38 bits per heavy atom. The molecule has 0 aliphatic heterocycles. The lowest BCUT2D eigenvalue weighted by atomic mass is 10.0. The molecular weight excluding hydrogens is 314 g/mol. The van der Waals surface area contributed by atoms with Crippen molar-refractivity contribution in [1.29, 1.82) is 0 Å². The summed E-state index contributed by atoms with van der Waals surface area (Å²) in [5.74, 6) is 0. The monoisotopic (exact) mass is 335 g/mol. The number of hydrogen-bond donors (Lipinski definition) is 2. The molecule has 2 N–H and O–H groups in total. The van der Waals surface area contributed by atoms with Crippen LogP contribution in [-0.4, -0.2) is 25.4 Å². The molecule has 120 valence electrons. The van der Waals surface area contributed by atoms with Gasteiger partial charge >= 0.3 is 5.69 Å². The summed E-state index contributed by atoms with van der Waals surface area (Å²) in [6.07, 6.45) is 1.52. The van der Waals surface area contributed by atoms with Crippen LogP contribution in [0, 0.1) is 10.1 Å². The highest BCUT2D eigenvalue weighted by Crippen LogP contribution is 2.37. The van der Waals surface area contributed by atoms with E-state index in [2.05, 4.69) is 10.0 Å². The highest BCUT2D eigenvalue weighted by Gasteiger charge is 2.30. The summed E-state index contributed by atoms with van der Waals surface area (Å²) >= 11 is 0.875. The summed E-state index contributed by atoms with van der Waals surface area (Å²) in [4.78, 5) is 10.4. The molecule has 21 heavy (non-hydrogen) atoms. The zero-order chi connectivity index (χ0) is 16.3. The van der Waals surface area contributed by atoms with Crippen molar-refractivity contribution >= 4 is 32.0 Å². The number of rotatable bonds is 8. The largest absolute Gasteiger partial charge is 0.372 e. The first-order chi connectivity index (χ1) is 9.63. The summed E-state index contributed by atoms with van der Waals surface area (Å²) in [5.41, 5.74) is -0.805. The van der Waals surface area contributed by atoms with Crippen molar-refractivity contribution in [3.8, 4) is 0 Å². The van der Waals surface area contributed by atoms with Gasteiger partial charge < -0.3 is 5.32 Å². The van der Waals surface area contributed by atoms with Crippen molar-refractivity contribution in [3.05, 3.63) is 16.2 Å². The molecule has 0 saturated carbocycles. The number of nitrogens with one attached hydrogen (secondary N) is 2. The van der Waals surface area contributed by atoms with Gasteiger partial charge in [-0.2, -0.15) is 0 Å². The Morgan fingerprint density at radius 2 is 2.00 bits per heavy atom. The Labute approximate surface area is 129 Å². The minimum atomic E-state index is -3.77. The minimum absolute atomic E-state index is 0.0469. The molecule has 0 bridgehead atoms. The van der Waals surface area contributed by atoms with E-state index < -0.39 is 20.5 Å². The number of thiophene rings is 1. The van der Waals surface area contributed by atoms with Gasteiger partial charge in [0, 0.05) is 18.2 Å². The molecule has 0 fully saturated rings. The summed E-state index contributed by atoms with van der Waals surface area (Å²) < 4.78 is 27.3. The van der Waals surface area contributed by atoms with Crippen LogP contribution in [0.1, 0.15) is 40.5 Å². The normalized spacial score (nSPS) is 12.4. The molecule has 0 saturated heterocycles. The van der Waals surface area contributed by atoms with Crippen LogP contribution in [0.5, 0.6) is 0 Å². The lowest BCUT2D eigenvalue weighted by Gasteiger charge is -2.24. The van der Waals surface area contributed by atoms with E-state index >= 15 is 0 Å². The van der Waals surface area contributed by atoms with E-state index in [0.717, 1.165) is 23.8 Å². The topological polar surface area (TPSA) is 101 Å². The van der Waals surface area contributed by atoms with Crippen LogP contribution in [0.4, 0.5) is 10.7 Å². The van der Waals surface area contributed by atoms with Crippen LogP contribution in [0.25, 0.3) is 0 Å². The second-order valence-corrected chi connectivity index (χ2v) is 8.27. The highest BCUT2D eigenvalue weighted by molar-refractivity contribution is 7.91. The Bertz CT molecular complexity index is 608. The summed E-state index contributed by atoms with van der Waals surface area (Å²) in [6.45, 7) is 7.83. The number of nitrogens with zero attached hydrogens (tertiary/aromatic N) is 1. The third-order valence-electron chi connectivity index (χ3n) is 2.77. The van der Waals surface area contributed by atoms with Crippen molar-refractivity contribution in [3.63, 3.8) is 0 Å². The maximum absolute atomic E-state index is 12.4. The fraction of sp³-hybridized carbons (Fsp3) is 0.667. The predicted molar refractivity (Wildman–Crippen MR) is 84.4 cm³/mol. The summed E-state index contributed by atoms with van der Waals surface area (Å²) in [6, 6.07) is 1.10. The molecule has 0 atom stereocenters. The average molecular weight is 335 g/mol. The number of anilines is 1. The van der Waals surface area contributed by atoms with Gasteiger partial charge in [-0.3, -0.25) is 10.1 Å². The third-order valence-corrected chi connectivity index (χ3v) is 6.03. The quantitative estimate of drug-likeness (QED) is 0.562. The van der Waals surface area contributed by atoms with Crippen molar-refractivity contribution in [2.24, 2.45) is 0 Å². The highest BCUT2D eigenvalue weighted by atomic mass is 32.2. The first-order valence-electron chi connectivity index (χ1n) is 6.69. The first-order valence-corrected chi connectivity index (χ1v) is 8.99. The molecule has 0 aromatic carbocycles. The van der Waals surface area contributed by atoms with E-state index in [0.29, 0.717) is 13.0 Å². The van der Waals surface area contributed by atoms with Crippen molar-refractivity contribution in [2.45, 2.75) is 50.3 Å². The third kappa shape index (κ3) is 4.65. The van der Waals surface area contributed by atoms with Crippen LogP contribution in [-0.2, 0) is 10.0 Å². The molecule has 0 aliphatic rings. The number of hydrogen-bond acceptors (Lipinski definition) is 6. The van der Waals surface area contributed by atoms with Crippen LogP contribution in [0.15, 0.2) is 10.3 Å². The van der Waals surface area contributed by atoms with E-state index in [9.17, 15) is 18.5 Å². The molecular formula is C12H21N3O4S2. The second-order valence-electron chi connectivity index (χ2n) is 5.31. The van der Waals surface area contributed by atoms with Crippen molar-refractivity contribution < 1.29 is 13.3 Å². The molecule has 1 aromatic heterocycles. The Balaban J connectivity index is 3.14. The molecule has 1 heterocycles. The van der Waals surface area contributed by atoms with Crippen molar-refractivity contribution in [2.75, 3.05) is 11.9 Å². The van der Waals surface area contributed by atoms with Gasteiger partial charge in [-0.1, -0.05) is 24.7 Å². The van der Waals surface area contributed by atoms with Gasteiger partial charge in [0.2, 0.25) is 0 Å². The molecule has 0 spiro atoms. The van der Waals surface area contributed by atoms with Crippen LogP contribution >= 0.6 is 11.3 Å². The van der Waals surface area contributed by atoms with Crippen LogP contribution in [0.3, 0.4) is 0 Å². The molecule has 7 nitrogen and oxygen atoms in total. The predicted octanol–water partition coefficient (Wildman–Crippen LogP) is 2.95. The smallest absolute Gasteiger partial charge is 0.304 e. The lowest BCUT2D eigenvalue weighted by Crippen LogP contribution is -2.42. The zero-order valence-electron chi connectivity index (χ0n) is 12.6. The Kier molecular flexibility index (Phi) is 5.71. The van der Waals surface area contributed by atoms with Gasteiger partial charge in [-0.15, -0.1) is 0 Å². The minimum Gasteiger partial charge on any atom is -0.372 e. The van der Waals surface area contributed by atoms with E-state index in [1.54, 1.807) is 20.8 Å². The standard InChI is InChI=1S/C12H21N3O4S2/c1-5-7-12(3,4)14-21(18,19)10-8-9(15(16)17)11(20-10)13-6-2/h8,13-14H,5-7H2,1-4H3.